The van der Waals surface area contributed by atoms with Crippen molar-refractivity contribution < 1.29 is 14.6 Å². The number of ether oxygens (including phenoxy) is 1. The predicted octanol–water partition coefficient (Wildman–Crippen LogP) is 1.39. The molecule has 0 aliphatic heterocycles. The molecule has 0 saturated heterocycles. The zero-order valence-corrected chi connectivity index (χ0v) is 11.6. The van der Waals surface area contributed by atoms with Crippen molar-refractivity contribution in [1.82, 2.24) is 9.88 Å². The molecule has 2 rings (SSSR count). The number of rotatable bonds is 5. The number of nitrogens with one attached hydrogen (secondary N) is 1. The van der Waals surface area contributed by atoms with Gasteiger partial charge in [-0.05, 0) is 37.4 Å². The molecule has 0 bridgehead atoms. The van der Waals surface area contributed by atoms with Crippen molar-refractivity contribution in [2.24, 2.45) is 5.92 Å². The number of H-pyrrole nitrogens is 1. The highest BCUT2D eigenvalue weighted by Gasteiger charge is 2.26. The molecular weight excluding hydrogens is 244 g/mol. The zero-order chi connectivity index (χ0) is 13.8. The molecule has 106 valence electrons. The van der Waals surface area contributed by atoms with E-state index in [1.807, 2.05) is 19.3 Å². The van der Waals surface area contributed by atoms with Crippen LogP contribution in [0, 0.1) is 5.92 Å². The van der Waals surface area contributed by atoms with Gasteiger partial charge in [-0.1, -0.05) is 6.42 Å². The zero-order valence-electron chi connectivity index (χ0n) is 11.6. The molecule has 1 aromatic rings. The Kier molecular flexibility index (Phi) is 4.61. The van der Waals surface area contributed by atoms with Crippen LogP contribution >= 0.6 is 0 Å². The molecule has 0 radical (unpaired) electrons. The fraction of sp³-hybridized carbons (Fsp3) is 0.643. The average molecular weight is 266 g/mol. The van der Waals surface area contributed by atoms with Gasteiger partial charge < -0.3 is 19.7 Å². The number of methoxy groups -OCH3 is 1. The Balaban J connectivity index is 1.86. The van der Waals surface area contributed by atoms with Gasteiger partial charge in [-0.2, -0.15) is 0 Å². The van der Waals surface area contributed by atoms with Crippen molar-refractivity contribution in [2.75, 3.05) is 20.7 Å². The van der Waals surface area contributed by atoms with E-state index in [4.69, 9.17) is 0 Å². The second-order valence-electron chi connectivity index (χ2n) is 5.37. The number of hydrogen-bond donors (Lipinski definition) is 2. The maximum absolute atomic E-state index is 11.3. The molecule has 5 nitrogen and oxygen atoms in total. The van der Waals surface area contributed by atoms with Crippen LogP contribution in [0.1, 0.15) is 35.3 Å². The van der Waals surface area contributed by atoms with Crippen molar-refractivity contribution in [1.29, 1.82) is 0 Å². The van der Waals surface area contributed by atoms with E-state index >= 15 is 0 Å². The van der Waals surface area contributed by atoms with E-state index in [2.05, 4.69) is 14.6 Å². The van der Waals surface area contributed by atoms with Gasteiger partial charge >= 0.3 is 5.97 Å². The third-order valence-corrected chi connectivity index (χ3v) is 3.77. The number of hydrogen-bond acceptors (Lipinski definition) is 4. The number of aliphatic hydroxyl groups excluding tert-OH is 1. The summed E-state index contributed by atoms with van der Waals surface area (Å²) >= 11 is 0. The first-order chi connectivity index (χ1) is 9.10. The summed E-state index contributed by atoms with van der Waals surface area (Å²) in [4.78, 5) is 16.4. The first kappa shape index (κ1) is 14.1. The van der Waals surface area contributed by atoms with Gasteiger partial charge in [0.2, 0.25) is 0 Å². The fourth-order valence-electron chi connectivity index (χ4n) is 2.77. The molecule has 2 atom stereocenters. The molecule has 2 N–H and O–H groups in total. The Morgan fingerprint density at radius 3 is 3.00 bits per heavy atom. The Labute approximate surface area is 113 Å². The molecule has 0 amide bonds. The Hall–Kier alpha value is -1.33. The topological polar surface area (TPSA) is 65.6 Å². The largest absolute Gasteiger partial charge is 0.464 e. The lowest BCUT2D eigenvalue weighted by molar-refractivity contribution is 0.0595. The molecular formula is C14H22N2O3. The van der Waals surface area contributed by atoms with E-state index in [-0.39, 0.29) is 12.1 Å². The highest BCUT2D eigenvalue weighted by atomic mass is 16.5. The number of esters is 1. The molecule has 1 fully saturated rings. The second-order valence-corrected chi connectivity index (χ2v) is 5.37. The highest BCUT2D eigenvalue weighted by Crippen LogP contribution is 2.26. The van der Waals surface area contributed by atoms with Crippen molar-refractivity contribution in [3.05, 3.63) is 23.5 Å². The fourth-order valence-corrected chi connectivity index (χ4v) is 2.77. The normalized spacial score (nSPS) is 22.9. The monoisotopic (exact) mass is 266 g/mol. The van der Waals surface area contributed by atoms with Crippen molar-refractivity contribution in [3.8, 4) is 0 Å². The van der Waals surface area contributed by atoms with E-state index in [1.54, 1.807) is 0 Å². The third-order valence-electron chi connectivity index (χ3n) is 3.77. The summed E-state index contributed by atoms with van der Waals surface area (Å²) in [5.41, 5.74) is 1.53. The summed E-state index contributed by atoms with van der Waals surface area (Å²) < 4.78 is 4.66. The maximum atomic E-state index is 11.3. The van der Waals surface area contributed by atoms with Crippen LogP contribution < -0.4 is 0 Å². The van der Waals surface area contributed by atoms with Crippen LogP contribution in [-0.2, 0) is 11.3 Å². The first-order valence-corrected chi connectivity index (χ1v) is 6.72. The van der Waals surface area contributed by atoms with Crippen molar-refractivity contribution in [3.63, 3.8) is 0 Å². The Morgan fingerprint density at radius 2 is 2.37 bits per heavy atom. The van der Waals surface area contributed by atoms with Crippen LogP contribution in [0.25, 0.3) is 0 Å². The van der Waals surface area contributed by atoms with Gasteiger partial charge in [0, 0.05) is 19.3 Å². The summed E-state index contributed by atoms with van der Waals surface area (Å²) in [7, 11) is 3.41. The van der Waals surface area contributed by atoms with E-state index in [0.29, 0.717) is 11.6 Å². The van der Waals surface area contributed by atoms with Crippen molar-refractivity contribution in [2.45, 2.75) is 31.9 Å². The molecule has 0 aromatic carbocycles. The minimum Gasteiger partial charge on any atom is -0.464 e. The van der Waals surface area contributed by atoms with Crippen LogP contribution in [-0.4, -0.2) is 47.8 Å². The minimum absolute atomic E-state index is 0.153. The lowest BCUT2D eigenvalue weighted by Gasteiger charge is -2.22. The van der Waals surface area contributed by atoms with E-state index in [9.17, 15) is 9.90 Å². The van der Waals surface area contributed by atoms with Gasteiger partial charge in [0.25, 0.3) is 0 Å². The molecule has 19 heavy (non-hydrogen) atoms. The molecule has 2 unspecified atom stereocenters. The van der Waals surface area contributed by atoms with Crippen LogP contribution in [0.4, 0.5) is 0 Å². The summed E-state index contributed by atoms with van der Waals surface area (Å²) in [5, 5.41) is 9.82. The third kappa shape index (κ3) is 3.58. The number of nitrogens with zero attached hydrogens (tertiary/aromatic N) is 1. The lowest BCUT2D eigenvalue weighted by Crippen LogP contribution is -2.29. The number of aromatic nitrogens is 1. The number of aromatic amines is 1. The second kappa shape index (κ2) is 6.21. The quantitative estimate of drug-likeness (QED) is 0.791. The SMILES string of the molecule is COC(=O)c1cc(CN(C)CC2CCCC2O)c[nH]1. The van der Waals surface area contributed by atoms with Crippen LogP contribution in [0.15, 0.2) is 12.3 Å². The first-order valence-electron chi connectivity index (χ1n) is 6.72. The molecule has 5 heteroatoms. The number of aliphatic hydroxyl groups is 1. The Bertz CT molecular complexity index is 430. The summed E-state index contributed by atoms with van der Waals surface area (Å²) in [5.74, 6) is 0.0316. The molecule has 1 aliphatic carbocycles. The van der Waals surface area contributed by atoms with Gasteiger partial charge in [0.1, 0.15) is 5.69 Å². The average Bonchev–Trinajstić information content (AvgIpc) is 2.99. The molecule has 1 aliphatic rings. The summed E-state index contributed by atoms with van der Waals surface area (Å²) in [6.45, 7) is 1.65. The molecule has 1 saturated carbocycles. The number of carbonyl (C=O) groups excluding carboxylic acids is 1. The van der Waals surface area contributed by atoms with Gasteiger partial charge in [-0.15, -0.1) is 0 Å². The van der Waals surface area contributed by atoms with Crippen LogP contribution in [0.2, 0.25) is 0 Å². The minimum atomic E-state index is -0.347. The van der Waals surface area contributed by atoms with Gasteiger partial charge in [0.15, 0.2) is 0 Å². The van der Waals surface area contributed by atoms with Gasteiger partial charge in [-0.25, -0.2) is 4.79 Å². The van der Waals surface area contributed by atoms with Crippen LogP contribution in [0.3, 0.4) is 0 Å². The molecule has 1 aromatic heterocycles. The summed E-state index contributed by atoms with van der Waals surface area (Å²) in [6, 6.07) is 1.81. The molecule has 0 spiro atoms. The van der Waals surface area contributed by atoms with Gasteiger partial charge in [-0.3, -0.25) is 0 Å². The van der Waals surface area contributed by atoms with Gasteiger partial charge in [0.05, 0.1) is 13.2 Å². The van der Waals surface area contributed by atoms with E-state index in [0.717, 1.165) is 37.9 Å². The van der Waals surface area contributed by atoms with Crippen molar-refractivity contribution >= 4 is 5.97 Å². The van der Waals surface area contributed by atoms with Crippen LogP contribution in [0.5, 0.6) is 0 Å². The molecule has 1 heterocycles. The summed E-state index contributed by atoms with van der Waals surface area (Å²) in [6.07, 6.45) is 4.82. The lowest BCUT2D eigenvalue weighted by atomic mass is 10.1. The smallest absolute Gasteiger partial charge is 0.354 e. The maximum Gasteiger partial charge on any atom is 0.354 e. The predicted molar refractivity (Wildman–Crippen MR) is 71.8 cm³/mol. The number of carbonyl (C=O) groups is 1. The van der Waals surface area contributed by atoms with E-state index in [1.165, 1.54) is 7.11 Å². The van der Waals surface area contributed by atoms with E-state index < -0.39 is 0 Å². The Morgan fingerprint density at radius 1 is 1.58 bits per heavy atom. The standard InChI is InChI=1S/C14H22N2O3/c1-16(9-11-4-3-5-13(11)17)8-10-6-12(15-7-10)14(18)19-2/h6-7,11,13,15,17H,3-5,8-9H2,1-2H3. The highest BCUT2D eigenvalue weighted by molar-refractivity contribution is 5.87.